The van der Waals surface area contributed by atoms with Crippen molar-refractivity contribution in [2.24, 2.45) is 0 Å². The minimum Gasteiger partial charge on any atom is -0.462 e. The normalized spacial score (nSPS) is 13.6. The Hall–Kier alpha value is -1.25. The number of unbranched alkanes of at least 4 members (excludes halogenated alkanes) is 29. The summed E-state index contributed by atoms with van der Waals surface area (Å²) in [6, 6.07) is 0. The first-order chi connectivity index (χ1) is 28.0. The number of phosphoric ester groups is 1. The molecule has 0 aromatic rings. The van der Waals surface area contributed by atoms with Gasteiger partial charge >= 0.3 is 19.8 Å². The summed E-state index contributed by atoms with van der Waals surface area (Å²) in [7, 11) is 1.48. The van der Waals surface area contributed by atoms with Gasteiger partial charge in [-0.3, -0.25) is 18.6 Å². The van der Waals surface area contributed by atoms with E-state index in [1.54, 1.807) is 0 Å². The zero-order valence-electron chi connectivity index (χ0n) is 38.8. The van der Waals surface area contributed by atoms with Crippen LogP contribution in [-0.2, 0) is 32.7 Å². The second kappa shape index (κ2) is 41.1. The molecule has 9 nitrogen and oxygen atoms in total. The molecule has 0 saturated carbocycles. The van der Waals surface area contributed by atoms with Gasteiger partial charge in [0.1, 0.15) is 19.8 Å². The fourth-order valence-corrected chi connectivity index (χ4v) is 7.69. The highest BCUT2D eigenvalue weighted by molar-refractivity contribution is 7.47. The van der Waals surface area contributed by atoms with E-state index in [1.807, 2.05) is 21.1 Å². The number of ether oxygens (including phenoxy) is 2. The minimum absolute atomic E-state index is 0.0333. The van der Waals surface area contributed by atoms with Crippen LogP contribution in [0.4, 0.5) is 0 Å². The first kappa shape index (κ1) is 56.8. The van der Waals surface area contributed by atoms with Gasteiger partial charge in [0, 0.05) is 12.8 Å². The van der Waals surface area contributed by atoms with Gasteiger partial charge in [0.05, 0.1) is 27.7 Å². The lowest BCUT2D eigenvalue weighted by Crippen LogP contribution is -2.37. The van der Waals surface area contributed by atoms with Gasteiger partial charge in [-0.05, 0) is 38.5 Å². The van der Waals surface area contributed by atoms with E-state index < -0.39 is 26.5 Å². The Labute approximate surface area is 358 Å². The topological polar surface area (TPSA) is 108 Å². The van der Waals surface area contributed by atoms with Crippen molar-refractivity contribution in [3.8, 4) is 0 Å². The van der Waals surface area contributed by atoms with Crippen LogP contribution in [0.3, 0.4) is 0 Å². The third-order valence-corrected chi connectivity index (χ3v) is 11.8. The molecule has 344 valence electrons. The smallest absolute Gasteiger partial charge is 0.462 e. The third kappa shape index (κ3) is 44.3. The Morgan fingerprint density at radius 1 is 0.517 bits per heavy atom. The summed E-state index contributed by atoms with van der Waals surface area (Å²) >= 11 is 0. The summed E-state index contributed by atoms with van der Waals surface area (Å²) in [5, 5.41) is 0. The van der Waals surface area contributed by atoms with E-state index in [-0.39, 0.29) is 25.6 Å². The van der Waals surface area contributed by atoms with Crippen LogP contribution in [-0.4, -0.2) is 74.9 Å². The van der Waals surface area contributed by atoms with Crippen LogP contribution in [0, 0.1) is 0 Å². The number of hydrogen-bond acceptors (Lipinski definition) is 7. The second-order valence-electron chi connectivity index (χ2n) is 17.9. The van der Waals surface area contributed by atoms with Gasteiger partial charge in [-0.1, -0.05) is 193 Å². The van der Waals surface area contributed by atoms with Gasteiger partial charge in [0.2, 0.25) is 0 Å². The summed E-state index contributed by atoms with van der Waals surface area (Å²) < 4.78 is 34.4. The molecule has 1 unspecified atom stereocenters. The van der Waals surface area contributed by atoms with Crippen molar-refractivity contribution in [1.82, 2.24) is 0 Å². The molecule has 0 amide bonds. The number of esters is 2. The Morgan fingerprint density at radius 2 is 0.879 bits per heavy atom. The molecule has 1 N–H and O–H groups in total. The number of nitrogens with zero attached hydrogens (tertiary/aromatic N) is 1. The molecule has 0 radical (unpaired) electrons. The number of carbonyl (C=O) groups is 2. The van der Waals surface area contributed by atoms with Gasteiger partial charge in [0.15, 0.2) is 6.10 Å². The van der Waals surface area contributed by atoms with Gasteiger partial charge in [-0.15, -0.1) is 0 Å². The zero-order chi connectivity index (χ0) is 42.8. The van der Waals surface area contributed by atoms with E-state index >= 15 is 0 Å². The number of hydrogen-bond donors (Lipinski definition) is 1. The predicted octanol–water partition coefficient (Wildman–Crippen LogP) is 14.1. The van der Waals surface area contributed by atoms with E-state index in [0.717, 1.165) is 51.4 Å². The van der Waals surface area contributed by atoms with E-state index in [2.05, 4.69) is 26.0 Å². The molecule has 10 heteroatoms. The van der Waals surface area contributed by atoms with Crippen molar-refractivity contribution in [3.05, 3.63) is 12.2 Å². The average molecular weight is 845 g/mol. The Kier molecular flexibility index (Phi) is 40.2. The largest absolute Gasteiger partial charge is 0.472 e. The molecule has 0 rings (SSSR count). The molecular weight excluding hydrogens is 750 g/mol. The van der Waals surface area contributed by atoms with E-state index in [4.69, 9.17) is 18.5 Å². The predicted molar refractivity (Wildman–Crippen MR) is 243 cm³/mol. The molecule has 0 aromatic heterocycles. The first-order valence-electron chi connectivity index (χ1n) is 24.4. The summed E-state index contributed by atoms with van der Waals surface area (Å²) in [4.78, 5) is 35.4. The van der Waals surface area contributed by atoms with Crippen molar-refractivity contribution in [2.45, 2.75) is 238 Å². The molecular formula is C48H95NO8P+. The van der Waals surface area contributed by atoms with Crippen LogP contribution < -0.4 is 0 Å². The first-order valence-corrected chi connectivity index (χ1v) is 25.9. The highest BCUT2D eigenvalue weighted by atomic mass is 31.2. The number of allylic oxidation sites excluding steroid dienone is 2. The maximum absolute atomic E-state index is 12.7. The Morgan fingerprint density at radius 3 is 1.29 bits per heavy atom. The van der Waals surface area contributed by atoms with Crippen molar-refractivity contribution < 1.29 is 42.1 Å². The molecule has 0 aliphatic carbocycles. The van der Waals surface area contributed by atoms with Crippen molar-refractivity contribution in [3.63, 3.8) is 0 Å². The van der Waals surface area contributed by atoms with Crippen molar-refractivity contribution in [1.29, 1.82) is 0 Å². The van der Waals surface area contributed by atoms with Gasteiger partial charge in [-0.25, -0.2) is 4.57 Å². The SMILES string of the molecule is CCCCCC/C=C\CCCCCCCC(=O)O[C@H](COC(=O)CCCCCCCCCCCCCCCCCCCCCCC)COP(=O)(O)OCC[N+](C)(C)C. The number of likely N-dealkylation sites (N-methyl/N-ethyl adjacent to an activating group) is 1. The molecule has 58 heavy (non-hydrogen) atoms. The van der Waals surface area contributed by atoms with Gasteiger partial charge in [-0.2, -0.15) is 0 Å². The Bertz CT molecular complexity index is 1000. The molecule has 0 spiro atoms. The summed E-state index contributed by atoms with van der Waals surface area (Å²) in [6.07, 6.45) is 44.1. The maximum Gasteiger partial charge on any atom is 0.472 e. The van der Waals surface area contributed by atoms with Crippen LogP contribution in [0.25, 0.3) is 0 Å². The molecule has 0 aliphatic heterocycles. The lowest BCUT2D eigenvalue weighted by atomic mass is 10.0. The number of phosphoric acid groups is 1. The molecule has 0 bridgehead atoms. The monoisotopic (exact) mass is 845 g/mol. The number of rotatable bonds is 45. The van der Waals surface area contributed by atoms with Gasteiger partial charge < -0.3 is 18.9 Å². The van der Waals surface area contributed by atoms with Crippen LogP contribution in [0.1, 0.15) is 232 Å². The van der Waals surface area contributed by atoms with E-state index in [9.17, 15) is 19.0 Å². The van der Waals surface area contributed by atoms with Crippen LogP contribution in [0.2, 0.25) is 0 Å². The average Bonchev–Trinajstić information content (AvgIpc) is 3.17. The lowest BCUT2D eigenvalue weighted by Gasteiger charge is -2.24. The highest BCUT2D eigenvalue weighted by Gasteiger charge is 2.27. The molecule has 0 aliphatic rings. The molecule has 0 fully saturated rings. The van der Waals surface area contributed by atoms with Crippen LogP contribution in [0.5, 0.6) is 0 Å². The summed E-state index contributed by atoms with van der Waals surface area (Å²) in [5.41, 5.74) is 0. The summed E-state index contributed by atoms with van der Waals surface area (Å²) in [6.45, 7) is 4.43. The number of quaternary nitrogens is 1. The van der Waals surface area contributed by atoms with Crippen molar-refractivity contribution >= 4 is 19.8 Å². The van der Waals surface area contributed by atoms with Gasteiger partial charge in [0.25, 0.3) is 0 Å². The molecule has 0 saturated heterocycles. The molecule has 0 heterocycles. The van der Waals surface area contributed by atoms with Crippen LogP contribution in [0.15, 0.2) is 12.2 Å². The maximum atomic E-state index is 12.7. The molecule has 2 atom stereocenters. The lowest BCUT2D eigenvalue weighted by molar-refractivity contribution is -0.870. The van der Waals surface area contributed by atoms with Crippen LogP contribution >= 0.6 is 7.82 Å². The standard InChI is InChI=1S/C48H94NO8P/c1-6-8-10-12-14-16-18-20-21-22-23-24-25-26-27-29-30-32-34-36-38-40-47(50)54-44-46(45-56-58(52,53)55-43-42-49(3,4)5)57-48(51)41-39-37-35-33-31-28-19-17-15-13-11-9-7-2/h17,19,46H,6-16,18,20-45H2,1-5H3/p+1/b19-17-/t46-/m1/s1. The molecule has 0 aromatic carbocycles. The fourth-order valence-electron chi connectivity index (χ4n) is 6.95. The minimum atomic E-state index is -4.37. The van der Waals surface area contributed by atoms with E-state index in [0.29, 0.717) is 23.9 Å². The van der Waals surface area contributed by atoms with E-state index in [1.165, 1.54) is 148 Å². The third-order valence-electron chi connectivity index (χ3n) is 10.8. The second-order valence-corrected chi connectivity index (χ2v) is 19.3. The summed E-state index contributed by atoms with van der Waals surface area (Å²) in [5.74, 6) is -0.796. The number of carbonyl (C=O) groups excluding carboxylic acids is 2. The zero-order valence-corrected chi connectivity index (χ0v) is 39.7. The van der Waals surface area contributed by atoms with Crippen molar-refractivity contribution in [2.75, 3.05) is 47.5 Å². The quantitative estimate of drug-likeness (QED) is 0.0212. The highest BCUT2D eigenvalue weighted by Crippen LogP contribution is 2.43. The fraction of sp³-hybridized carbons (Fsp3) is 0.917. The Balaban J connectivity index is 4.20.